The van der Waals surface area contributed by atoms with E-state index in [-0.39, 0.29) is 11.9 Å². The van der Waals surface area contributed by atoms with Crippen LogP contribution in [0.1, 0.15) is 33.1 Å². The number of hydrogen-bond acceptors (Lipinski definition) is 3. The van der Waals surface area contributed by atoms with Crippen LogP contribution in [-0.4, -0.2) is 43.5 Å². The first kappa shape index (κ1) is 14.5. The highest BCUT2D eigenvalue weighted by molar-refractivity contribution is 5.81. The van der Waals surface area contributed by atoms with Gasteiger partial charge in [-0.1, -0.05) is 20.3 Å². The third-order valence-electron chi connectivity index (χ3n) is 3.88. The van der Waals surface area contributed by atoms with Gasteiger partial charge >= 0.3 is 0 Å². The molecule has 4 nitrogen and oxygen atoms in total. The van der Waals surface area contributed by atoms with Crippen molar-refractivity contribution < 1.29 is 4.79 Å². The van der Waals surface area contributed by atoms with Crippen molar-refractivity contribution in [3.63, 3.8) is 0 Å². The number of nitrogens with zero attached hydrogens (tertiary/aromatic N) is 1. The molecule has 1 aliphatic rings. The second-order valence-electron chi connectivity index (χ2n) is 5.36. The van der Waals surface area contributed by atoms with Crippen LogP contribution in [0.3, 0.4) is 0 Å². The average Bonchev–Trinajstić information content (AvgIpc) is 2.35. The molecule has 1 saturated heterocycles. The summed E-state index contributed by atoms with van der Waals surface area (Å²) in [4.78, 5) is 14.2. The maximum atomic E-state index is 11.8. The molecule has 17 heavy (non-hydrogen) atoms. The monoisotopic (exact) mass is 241 g/mol. The number of hydrogen-bond donors (Lipinski definition) is 2. The van der Waals surface area contributed by atoms with Crippen molar-refractivity contribution >= 4 is 5.91 Å². The lowest BCUT2D eigenvalue weighted by Crippen LogP contribution is -2.51. The van der Waals surface area contributed by atoms with Crippen molar-refractivity contribution in [3.8, 4) is 0 Å². The normalized spacial score (nSPS) is 23.7. The predicted octanol–water partition coefficient (Wildman–Crippen LogP) is 0.818. The van der Waals surface area contributed by atoms with Gasteiger partial charge in [0.25, 0.3) is 0 Å². The van der Waals surface area contributed by atoms with Crippen LogP contribution in [0.2, 0.25) is 0 Å². The molecule has 0 spiro atoms. The standard InChI is InChI=1S/C13H27N3O/c1-10(2)11(8-14)9-16-7-5-4-6-12(16)13(17)15-3/h10-12H,4-9,14H2,1-3H3,(H,15,17). The van der Waals surface area contributed by atoms with Crippen LogP contribution >= 0.6 is 0 Å². The number of piperidine rings is 1. The summed E-state index contributed by atoms with van der Waals surface area (Å²) in [5, 5.41) is 2.77. The summed E-state index contributed by atoms with van der Waals surface area (Å²) in [7, 11) is 1.72. The van der Waals surface area contributed by atoms with Crippen molar-refractivity contribution in [3.05, 3.63) is 0 Å². The van der Waals surface area contributed by atoms with Crippen LogP contribution in [0.5, 0.6) is 0 Å². The maximum Gasteiger partial charge on any atom is 0.237 e. The molecule has 2 unspecified atom stereocenters. The molecule has 3 N–H and O–H groups in total. The minimum atomic E-state index is 0.0570. The molecule has 0 radical (unpaired) electrons. The van der Waals surface area contributed by atoms with E-state index in [1.54, 1.807) is 7.05 Å². The van der Waals surface area contributed by atoms with Crippen LogP contribution in [0.15, 0.2) is 0 Å². The van der Waals surface area contributed by atoms with Gasteiger partial charge in [0.1, 0.15) is 0 Å². The fourth-order valence-electron chi connectivity index (χ4n) is 2.53. The van der Waals surface area contributed by atoms with Crippen LogP contribution in [0, 0.1) is 11.8 Å². The molecule has 4 heteroatoms. The Morgan fingerprint density at radius 1 is 1.47 bits per heavy atom. The highest BCUT2D eigenvalue weighted by Crippen LogP contribution is 2.20. The lowest BCUT2D eigenvalue weighted by Gasteiger charge is -2.37. The lowest BCUT2D eigenvalue weighted by molar-refractivity contribution is -0.127. The number of likely N-dealkylation sites (N-methyl/N-ethyl adjacent to an activating group) is 1. The van der Waals surface area contributed by atoms with E-state index in [1.165, 1.54) is 6.42 Å². The predicted molar refractivity (Wildman–Crippen MR) is 70.7 cm³/mol. The zero-order valence-corrected chi connectivity index (χ0v) is 11.4. The number of carbonyl (C=O) groups is 1. The highest BCUT2D eigenvalue weighted by Gasteiger charge is 2.29. The Balaban J connectivity index is 2.61. The Morgan fingerprint density at radius 2 is 2.18 bits per heavy atom. The van der Waals surface area contributed by atoms with E-state index >= 15 is 0 Å². The van der Waals surface area contributed by atoms with Crippen molar-refractivity contribution in [1.29, 1.82) is 0 Å². The first-order chi connectivity index (χ1) is 8.10. The molecule has 0 saturated carbocycles. The second kappa shape index (κ2) is 6.97. The molecule has 1 heterocycles. The van der Waals surface area contributed by atoms with Crippen molar-refractivity contribution in [2.24, 2.45) is 17.6 Å². The zero-order chi connectivity index (χ0) is 12.8. The largest absolute Gasteiger partial charge is 0.358 e. The minimum absolute atomic E-state index is 0.0570. The fraction of sp³-hybridized carbons (Fsp3) is 0.923. The summed E-state index contributed by atoms with van der Waals surface area (Å²) >= 11 is 0. The fourth-order valence-corrected chi connectivity index (χ4v) is 2.53. The number of nitrogens with one attached hydrogen (secondary N) is 1. The van der Waals surface area contributed by atoms with E-state index in [1.807, 2.05) is 0 Å². The molecule has 100 valence electrons. The number of nitrogens with two attached hydrogens (primary N) is 1. The summed E-state index contributed by atoms with van der Waals surface area (Å²) in [6.07, 6.45) is 3.33. The molecule has 1 aliphatic heterocycles. The summed E-state index contributed by atoms with van der Waals surface area (Å²) in [5.74, 6) is 1.22. The zero-order valence-electron chi connectivity index (χ0n) is 11.4. The first-order valence-corrected chi connectivity index (χ1v) is 6.75. The van der Waals surface area contributed by atoms with Crippen LogP contribution in [0.25, 0.3) is 0 Å². The Labute approximate surface area is 105 Å². The van der Waals surface area contributed by atoms with Crippen LogP contribution < -0.4 is 11.1 Å². The summed E-state index contributed by atoms with van der Waals surface area (Å²) in [5.41, 5.74) is 5.82. The van der Waals surface area contributed by atoms with E-state index in [2.05, 4.69) is 24.1 Å². The minimum Gasteiger partial charge on any atom is -0.358 e. The number of rotatable bonds is 5. The molecule has 0 aromatic rings. The number of likely N-dealkylation sites (tertiary alicyclic amines) is 1. The molecule has 1 amide bonds. The second-order valence-corrected chi connectivity index (χ2v) is 5.36. The van der Waals surface area contributed by atoms with Gasteiger partial charge in [0.05, 0.1) is 6.04 Å². The van der Waals surface area contributed by atoms with Crippen molar-refractivity contribution in [2.75, 3.05) is 26.7 Å². The molecule has 2 atom stereocenters. The van der Waals surface area contributed by atoms with Gasteiger partial charge in [-0.05, 0) is 37.8 Å². The van der Waals surface area contributed by atoms with Gasteiger partial charge in [-0.25, -0.2) is 0 Å². The van der Waals surface area contributed by atoms with E-state index in [0.717, 1.165) is 25.9 Å². The third-order valence-corrected chi connectivity index (χ3v) is 3.88. The number of amides is 1. The molecule has 1 fully saturated rings. The van der Waals surface area contributed by atoms with Gasteiger partial charge in [-0.2, -0.15) is 0 Å². The smallest absolute Gasteiger partial charge is 0.237 e. The third kappa shape index (κ3) is 3.96. The molecule has 1 rings (SSSR count). The number of carbonyl (C=O) groups excluding carboxylic acids is 1. The molecule has 0 aromatic carbocycles. The molecular weight excluding hydrogens is 214 g/mol. The SMILES string of the molecule is CNC(=O)C1CCCCN1CC(CN)C(C)C. The summed E-state index contributed by atoms with van der Waals surface area (Å²) in [6.45, 7) is 7.09. The molecule has 0 bridgehead atoms. The Bertz CT molecular complexity index is 243. The van der Waals surface area contributed by atoms with Crippen molar-refractivity contribution in [1.82, 2.24) is 10.2 Å². The van der Waals surface area contributed by atoms with Gasteiger partial charge in [0.15, 0.2) is 0 Å². The van der Waals surface area contributed by atoms with Gasteiger partial charge in [0.2, 0.25) is 5.91 Å². The molecule has 0 aromatic heterocycles. The highest BCUT2D eigenvalue weighted by atomic mass is 16.2. The van der Waals surface area contributed by atoms with Crippen LogP contribution in [0.4, 0.5) is 0 Å². The Kier molecular flexibility index (Phi) is 5.92. The van der Waals surface area contributed by atoms with Gasteiger partial charge in [-0.3, -0.25) is 9.69 Å². The van der Waals surface area contributed by atoms with Gasteiger partial charge < -0.3 is 11.1 Å². The Hall–Kier alpha value is -0.610. The quantitative estimate of drug-likeness (QED) is 0.749. The van der Waals surface area contributed by atoms with Gasteiger partial charge in [-0.15, -0.1) is 0 Å². The molecule has 0 aliphatic carbocycles. The average molecular weight is 241 g/mol. The summed E-state index contributed by atoms with van der Waals surface area (Å²) < 4.78 is 0. The lowest BCUT2D eigenvalue weighted by atomic mass is 9.92. The van der Waals surface area contributed by atoms with E-state index in [0.29, 0.717) is 18.4 Å². The maximum absolute atomic E-state index is 11.8. The van der Waals surface area contributed by atoms with E-state index in [4.69, 9.17) is 5.73 Å². The topological polar surface area (TPSA) is 58.4 Å². The van der Waals surface area contributed by atoms with Gasteiger partial charge in [0, 0.05) is 13.6 Å². The van der Waals surface area contributed by atoms with Crippen LogP contribution in [-0.2, 0) is 4.79 Å². The summed E-state index contributed by atoms with van der Waals surface area (Å²) in [6, 6.07) is 0.0570. The van der Waals surface area contributed by atoms with E-state index < -0.39 is 0 Å². The van der Waals surface area contributed by atoms with E-state index in [9.17, 15) is 4.79 Å². The van der Waals surface area contributed by atoms with Crippen molar-refractivity contribution in [2.45, 2.75) is 39.2 Å². The molecular formula is C13H27N3O. The first-order valence-electron chi connectivity index (χ1n) is 6.75. The Morgan fingerprint density at radius 3 is 2.71 bits per heavy atom.